The fourth-order valence-corrected chi connectivity index (χ4v) is 8.25. The van der Waals surface area contributed by atoms with Crippen molar-refractivity contribution in [3.05, 3.63) is 0 Å². The second-order valence-electron chi connectivity index (χ2n) is 8.84. The summed E-state index contributed by atoms with van der Waals surface area (Å²) >= 11 is 0. The Morgan fingerprint density at radius 3 is 2.67 bits per heavy atom. The van der Waals surface area contributed by atoms with Gasteiger partial charge in [0, 0.05) is 0 Å². The van der Waals surface area contributed by atoms with Crippen molar-refractivity contribution in [2.24, 2.45) is 58.7 Å². The van der Waals surface area contributed by atoms with Gasteiger partial charge in [-0.05, 0) is 90.8 Å². The van der Waals surface area contributed by atoms with Gasteiger partial charge in [-0.2, -0.15) is 0 Å². The van der Waals surface area contributed by atoms with Crippen LogP contribution in [0, 0.1) is 58.7 Å². The van der Waals surface area contributed by atoms with E-state index in [4.69, 9.17) is 0 Å². The van der Waals surface area contributed by atoms with E-state index in [2.05, 4.69) is 6.92 Å². The third-order valence-corrected chi connectivity index (χ3v) is 8.89. The zero-order chi connectivity index (χ0) is 11.6. The quantitative estimate of drug-likeness (QED) is 0.690. The Balaban J connectivity index is 1.20. The van der Waals surface area contributed by atoms with Gasteiger partial charge < -0.3 is 0 Å². The molecule has 6 rings (SSSR count). The summed E-state index contributed by atoms with van der Waals surface area (Å²) in [6.45, 7) is 2.37. The molecule has 0 amide bonds. The summed E-state index contributed by atoms with van der Waals surface area (Å²) in [6, 6.07) is 0. The van der Waals surface area contributed by atoms with Gasteiger partial charge >= 0.3 is 0 Å². The molecule has 0 aromatic rings. The van der Waals surface area contributed by atoms with Gasteiger partial charge in [-0.3, -0.25) is 0 Å². The van der Waals surface area contributed by atoms with Crippen LogP contribution in [0.4, 0.5) is 0 Å². The second-order valence-corrected chi connectivity index (χ2v) is 8.84. The van der Waals surface area contributed by atoms with E-state index < -0.39 is 0 Å². The standard InChI is InChI=1S/C18H26/c1-2-3-9-6-11(9)12-8-14-16(12)17-15-7-10-4-5-13(10)18(14,15)17/h9-17H,2-8H2,1H3. The molecule has 0 radical (unpaired) electrons. The maximum Gasteiger partial charge on any atom is -0.0170 e. The van der Waals surface area contributed by atoms with E-state index in [1.165, 1.54) is 59.7 Å². The maximum atomic E-state index is 2.37. The van der Waals surface area contributed by atoms with E-state index in [9.17, 15) is 0 Å². The lowest BCUT2D eigenvalue weighted by molar-refractivity contribution is -0.153. The molecule has 10 atom stereocenters. The van der Waals surface area contributed by atoms with Gasteiger partial charge in [0.05, 0.1) is 0 Å². The predicted molar refractivity (Wildman–Crippen MR) is 71.8 cm³/mol. The topological polar surface area (TPSA) is 0 Å². The summed E-state index contributed by atoms with van der Waals surface area (Å²) in [7, 11) is 0. The second kappa shape index (κ2) is 2.72. The van der Waals surface area contributed by atoms with Gasteiger partial charge in [0.1, 0.15) is 0 Å². The molecule has 18 heavy (non-hydrogen) atoms. The minimum Gasteiger partial charge on any atom is -0.0654 e. The van der Waals surface area contributed by atoms with Gasteiger partial charge in [0.2, 0.25) is 0 Å². The number of rotatable bonds is 3. The molecule has 98 valence electrons. The first-order valence-electron chi connectivity index (χ1n) is 8.87. The lowest BCUT2D eigenvalue weighted by atomic mass is 9.42. The molecule has 0 saturated heterocycles. The van der Waals surface area contributed by atoms with E-state index in [-0.39, 0.29) is 0 Å². The highest BCUT2D eigenvalue weighted by Gasteiger charge is 2.90. The fourth-order valence-electron chi connectivity index (χ4n) is 8.25. The minimum atomic E-state index is 1.01. The smallest absolute Gasteiger partial charge is 0.0170 e. The van der Waals surface area contributed by atoms with Crippen LogP contribution >= 0.6 is 0 Å². The average molecular weight is 242 g/mol. The third kappa shape index (κ3) is 0.779. The molecular weight excluding hydrogens is 216 g/mol. The van der Waals surface area contributed by atoms with Gasteiger partial charge in [0.25, 0.3) is 0 Å². The maximum absolute atomic E-state index is 2.37. The van der Waals surface area contributed by atoms with Crippen LogP contribution in [0.2, 0.25) is 0 Å². The number of hydrogen-bond acceptors (Lipinski definition) is 0. The number of fused-ring (bicyclic) bond motifs is 4. The van der Waals surface area contributed by atoms with Crippen LogP contribution in [0.5, 0.6) is 0 Å². The van der Waals surface area contributed by atoms with Gasteiger partial charge in [-0.15, -0.1) is 0 Å². The summed E-state index contributed by atoms with van der Waals surface area (Å²) in [5.74, 6) is 11.2. The molecule has 6 aliphatic rings. The summed E-state index contributed by atoms with van der Waals surface area (Å²) in [4.78, 5) is 0. The predicted octanol–water partition coefficient (Wildman–Crippen LogP) is 4.35. The van der Waals surface area contributed by atoms with E-state index in [0.717, 1.165) is 5.41 Å². The highest BCUT2D eigenvalue weighted by atomic mass is 14.9. The lowest BCUT2D eigenvalue weighted by Crippen LogP contribution is -2.58. The Bertz CT molecular complexity index is 418. The zero-order valence-corrected chi connectivity index (χ0v) is 11.6. The van der Waals surface area contributed by atoms with E-state index >= 15 is 0 Å². The molecule has 0 N–H and O–H groups in total. The van der Waals surface area contributed by atoms with Gasteiger partial charge in [0.15, 0.2) is 0 Å². The SMILES string of the molecule is CCCC1CC1C1CC2C1C1C3CC4CCC4C231. The van der Waals surface area contributed by atoms with Crippen LogP contribution in [0.15, 0.2) is 0 Å². The van der Waals surface area contributed by atoms with Gasteiger partial charge in [-0.25, -0.2) is 0 Å². The molecule has 6 fully saturated rings. The van der Waals surface area contributed by atoms with Crippen LogP contribution in [-0.2, 0) is 0 Å². The average Bonchev–Trinajstić information content (AvgIpc) is 3.11. The first-order chi connectivity index (χ1) is 8.87. The Morgan fingerprint density at radius 1 is 0.944 bits per heavy atom. The highest BCUT2D eigenvalue weighted by Crippen LogP contribution is 2.95. The van der Waals surface area contributed by atoms with Crippen LogP contribution in [0.1, 0.15) is 51.9 Å². The largest absolute Gasteiger partial charge is 0.0654 e. The van der Waals surface area contributed by atoms with Crippen molar-refractivity contribution < 1.29 is 0 Å². The Hall–Kier alpha value is 0. The van der Waals surface area contributed by atoms with Crippen molar-refractivity contribution in [2.75, 3.05) is 0 Å². The molecule has 0 bridgehead atoms. The van der Waals surface area contributed by atoms with Crippen molar-refractivity contribution in [1.82, 2.24) is 0 Å². The van der Waals surface area contributed by atoms with E-state index in [0.29, 0.717) is 0 Å². The number of hydrogen-bond donors (Lipinski definition) is 0. The minimum absolute atomic E-state index is 1.01. The van der Waals surface area contributed by atoms with E-state index in [1.807, 2.05) is 0 Å². The normalized spacial score (nSPS) is 72.8. The van der Waals surface area contributed by atoms with Crippen LogP contribution in [0.3, 0.4) is 0 Å². The molecule has 6 saturated carbocycles. The summed E-state index contributed by atoms with van der Waals surface area (Å²) < 4.78 is 0. The zero-order valence-electron chi connectivity index (χ0n) is 11.6. The Kier molecular flexibility index (Phi) is 1.49. The molecule has 0 aromatic carbocycles. The fraction of sp³-hybridized carbons (Fsp3) is 1.00. The molecule has 0 aromatic heterocycles. The summed E-state index contributed by atoms with van der Waals surface area (Å²) in [5.41, 5.74) is 1.01. The lowest BCUT2D eigenvalue weighted by Gasteiger charge is -2.63. The molecule has 6 aliphatic carbocycles. The van der Waals surface area contributed by atoms with Crippen molar-refractivity contribution >= 4 is 0 Å². The Labute approximate surface area is 111 Å². The molecule has 0 nitrogen and oxygen atoms in total. The van der Waals surface area contributed by atoms with Crippen LogP contribution < -0.4 is 0 Å². The Morgan fingerprint density at radius 2 is 1.89 bits per heavy atom. The first-order valence-corrected chi connectivity index (χ1v) is 8.87. The van der Waals surface area contributed by atoms with Crippen molar-refractivity contribution in [3.8, 4) is 0 Å². The molecule has 0 heteroatoms. The monoisotopic (exact) mass is 242 g/mol. The third-order valence-electron chi connectivity index (χ3n) is 8.89. The summed E-state index contributed by atoms with van der Waals surface area (Å²) in [5, 5.41) is 0. The van der Waals surface area contributed by atoms with Crippen molar-refractivity contribution in [3.63, 3.8) is 0 Å². The molecule has 0 heterocycles. The molecular formula is C18H26. The highest BCUT2D eigenvalue weighted by molar-refractivity contribution is 5.37. The van der Waals surface area contributed by atoms with E-state index in [1.54, 1.807) is 38.5 Å². The summed E-state index contributed by atoms with van der Waals surface area (Å²) in [6.07, 6.45) is 11.2. The van der Waals surface area contributed by atoms with Crippen LogP contribution in [-0.4, -0.2) is 0 Å². The first kappa shape index (κ1) is 9.83. The van der Waals surface area contributed by atoms with Crippen molar-refractivity contribution in [2.45, 2.75) is 51.9 Å². The molecule has 10 unspecified atom stereocenters. The molecule has 0 aliphatic heterocycles. The van der Waals surface area contributed by atoms with Crippen LogP contribution in [0.25, 0.3) is 0 Å². The molecule has 1 spiro atoms. The van der Waals surface area contributed by atoms with Crippen molar-refractivity contribution in [1.29, 1.82) is 0 Å². The van der Waals surface area contributed by atoms with Gasteiger partial charge in [-0.1, -0.05) is 19.8 Å².